The molecule has 2 aromatic rings. The van der Waals surface area contributed by atoms with Crippen molar-refractivity contribution in [1.82, 2.24) is 14.5 Å². The zero-order chi connectivity index (χ0) is 18.5. The van der Waals surface area contributed by atoms with Crippen LogP contribution in [-0.4, -0.2) is 47.4 Å². The van der Waals surface area contributed by atoms with Gasteiger partial charge in [-0.05, 0) is 38.3 Å². The van der Waals surface area contributed by atoms with Crippen molar-refractivity contribution in [2.45, 2.75) is 51.3 Å². The number of rotatable bonds is 7. The molecule has 1 saturated carbocycles. The number of ether oxygens (including phenoxy) is 2. The summed E-state index contributed by atoms with van der Waals surface area (Å²) in [5.74, 6) is 1.01. The first-order valence-corrected chi connectivity index (χ1v) is 10.2. The highest BCUT2D eigenvalue weighted by Crippen LogP contribution is 2.46. The normalized spacial score (nSPS) is 25.9. The van der Waals surface area contributed by atoms with Gasteiger partial charge in [0.25, 0.3) is 0 Å². The minimum absolute atomic E-state index is 0.365. The highest BCUT2D eigenvalue weighted by molar-refractivity contribution is 5.33. The Labute approximate surface area is 162 Å². The number of nitrogens with zero attached hydrogens (tertiary/aromatic N) is 3. The van der Waals surface area contributed by atoms with E-state index in [2.05, 4.69) is 34.1 Å². The summed E-state index contributed by atoms with van der Waals surface area (Å²) < 4.78 is 14.0. The quantitative estimate of drug-likeness (QED) is 0.745. The van der Waals surface area contributed by atoms with Gasteiger partial charge in [-0.15, -0.1) is 0 Å². The van der Waals surface area contributed by atoms with E-state index in [-0.39, 0.29) is 0 Å². The van der Waals surface area contributed by atoms with E-state index in [0.29, 0.717) is 18.1 Å². The third-order valence-corrected chi connectivity index (χ3v) is 6.33. The van der Waals surface area contributed by atoms with Crippen molar-refractivity contribution in [2.75, 3.05) is 26.8 Å². The molecule has 1 aliphatic heterocycles. The molecule has 1 aliphatic carbocycles. The molecule has 2 aliphatic rings. The first-order valence-electron chi connectivity index (χ1n) is 10.2. The Balaban J connectivity index is 1.38. The van der Waals surface area contributed by atoms with Crippen molar-refractivity contribution in [3.63, 3.8) is 0 Å². The molecule has 1 spiro atoms. The fourth-order valence-electron chi connectivity index (χ4n) is 5.03. The molecule has 1 aromatic heterocycles. The second kappa shape index (κ2) is 8.44. The third kappa shape index (κ3) is 4.19. The lowest BCUT2D eigenvalue weighted by atomic mass is 9.76. The Hall–Kier alpha value is -1.85. The van der Waals surface area contributed by atoms with E-state index in [0.717, 1.165) is 25.4 Å². The van der Waals surface area contributed by atoms with E-state index < -0.39 is 0 Å². The summed E-state index contributed by atoms with van der Waals surface area (Å²) in [4.78, 5) is 6.69. The number of methoxy groups -OCH3 is 1. The topological polar surface area (TPSA) is 39.5 Å². The summed E-state index contributed by atoms with van der Waals surface area (Å²) in [5, 5.41) is 0. The Kier molecular flexibility index (Phi) is 5.79. The minimum atomic E-state index is 0.365. The van der Waals surface area contributed by atoms with Gasteiger partial charge in [-0.1, -0.05) is 24.6 Å². The maximum Gasteiger partial charge on any atom is 0.123 e. The van der Waals surface area contributed by atoms with Crippen LogP contribution >= 0.6 is 0 Å². The predicted molar refractivity (Wildman–Crippen MR) is 106 cm³/mol. The molecule has 0 amide bonds. The summed E-state index contributed by atoms with van der Waals surface area (Å²) in [7, 11) is 1.89. The number of hydrogen-bond donors (Lipinski definition) is 0. The van der Waals surface area contributed by atoms with Gasteiger partial charge in [0.05, 0.1) is 19.0 Å². The molecule has 5 nitrogen and oxygen atoms in total. The molecule has 146 valence electrons. The van der Waals surface area contributed by atoms with Crippen LogP contribution in [0.2, 0.25) is 0 Å². The molecule has 0 bridgehead atoms. The average Bonchev–Trinajstić information content (AvgIpc) is 3.33. The van der Waals surface area contributed by atoms with Crippen molar-refractivity contribution in [2.24, 2.45) is 5.41 Å². The second-order valence-electron chi connectivity index (χ2n) is 8.05. The van der Waals surface area contributed by atoms with Crippen molar-refractivity contribution in [1.29, 1.82) is 0 Å². The zero-order valence-electron chi connectivity index (χ0n) is 16.3. The Morgan fingerprint density at radius 3 is 2.96 bits per heavy atom. The molecular weight excluding hydrogens is 338 g/mol. The Morgan fingerprint density at radius 2 is 2.11 bits per heavy atom. The third-order valence-electron chi connectivity index (χ3n) is 6.33. The van der Waals surface area contributed by atoms with Crippen LogP contribution in [0.5, 0.6) is 5.75 Å². The van der Waals surface area contributed by atoms with Crippen LogP contribution < -0.4 is 4.74 Å². The van der Waals surface area contributed by atoms with Crippen LogP contribution in [0.4, 0.5) is 0 Å². The second-order valence-corrected chi connectivity index (χ2v) is 8.05. The monoisotopic (exact) mass is 369 g/mol. The van der Waals surface area contributed by atoms with E-state index >= 15 is 0 Å². The van der Waals surface area contributed by atoms with Gasteiger partial charge in [0.15, 0.2) is 0 Å². The zero-order valence-corrected chi connectivity index (χ0v) is 16.3. The number of aromatic nitrogens is 2. The Bertz CT molecular complexity index is 718. The molecule has 2 heterocycles. The fourth-order valence-corrected chi connectivity index (χ4v) is 5.03. The molecule has 0 N–H and O–H groups in total. The summed E-state index contributed by atoms with van der Waals surface area (Å²) >= 11 is 0. The lowest BCUT2D eigenvalue weighted by molar-refractivity contribution is -0.0367. The number of para-hydroxylation sites is 1. The maximum atomic E-state index is 6.11. The average molecular weight is 370 g/mol. The Morgan fingerprint density at radius 1 is 1.22 bits per heavy atom. The van der Waals surface area contributed by atoms with Gasteiger partial charge in [-0.25, -0.2) is 4.98 Å². The SMILES string of the molecule is CO[C@@H]1CCC[C@@]12CCCN(Cc1ccccc1OCCn1ccnc1)C2. The van der Waals surface area contributed by atoms with E-state index in [1.807, 2.05) is 24.2 Å². The van der Waals surface area contributed by atoms with Crippen molar-refractivity contribution < 1.29 is 9.47 Å². The lowest BCUT2D eigenvalue weighted by Gasteiger charge is -2.43. The van der Waals surface area contributed by atoms with E-state index in [4.69, 9.17) is 9.47 Å². The summed E-state index contributed by atoms with van der Waals surface area (Å²) in [5.41, 5.74) is 1.65. The molecule has 1 aromatic carbocycles. The number of piperidine rings is 1. The lowest BCUT2D eigenvalue weighted by Crippen LogP contribution is -2.47. The number of likely N-dealkylation sites (tertiary alicyclic amines) is 1. The first kappa shape index (κ1) is 18.5. The van der Waals surface area contributed by atoms with Gasteiger partial charge in [-0.2, -0.15) is 0 Å². The van der Waals surface area contributed by atoms with Crippen LogP contribution in [0.15, 0.2) is 43.0 Å². The van der Waals surface area contributed by atoms with Crippen LogP contribution in [0, 0.1) is 5.41 Å². The van der Waals surface area contributed by atoms with Crippen molar-refractivity contribution >= 4 is 0 Å². The smallest absolute Gasteiger partial charge is 0.123 e. The molecule has 4 rings (SSSR count). The van der Waals surface area contributed by atoms with Crippen molar-refractivity contribution in [3.8, 4) is 5.75 Å². The molecule has 1 saturated heterocycles. The van der Waals surface area contributed by atoms with Crippen LogP contribution in [0.1, 0.15) is 37.7 Å². The minimum Gasteiger partial charge on any atom is -0.491 e. The van der Waals surface area contributed by atoms with E-state index in [1.165, 1.54) is 44.2 Å². The molecule has 2 atom stereocenters. The fraction of sp³-hybridized carbons (Fsp3) is 0.591. The number of imidazole rings is 1. The molecule has 27 heavy (non-hydrogen) atoms. The van der Waals surface area contributed by atoms with Gasteiger partial charge in [0, 0.05) is 43.6 Å². The predicted octanol–water partition coefficient (Wildman–Crippen LogP) is 3.74. The number of benzene rings is 1. The maximum absolute atomic E-state index is 6.11. The molecule has 5 heteroatoms. The van der Waals surface area contributed by atoms with Gasteiger partial charge >= 0.3 is 0 Å². The van der Waals surface area contributed by atoms with E-state index in [9.17, 15) is 0 Å². The van der Waals surface area contributed by atoms with Crippen LogP contribution in [-0.2, 0) is 17.8 Å². The molecular formula is C22H31N3O2. The van der Waals surface area contributed by atoms with Gasteiger partial charge in [0.2, 0.25) is 0 Å². The van der Waals surface area contributed by atoms with Gasteiger partial charge < -0.3 is 14.0 Å². The molecule has 0 unspecified atom stereocenters. The standard InChI is InChI=1S/C22H31N3O2/c1-26-21-8-4-9-22(21)10-5-12-25(17-22)16-19-6-2-3-7-20(19)27-15-14-24-13-11-23-18-24/h2-3,6-7,11,13,18,21H,4-5,8-10,12,14-17H2,1H3/t21-,22+/m1/s1. The summed E-state index contributed by atoms with van der Waals surface area (Å²) in [6.07, 6.45) is 12.4. The van der Waals surface area contributed by atoms with Crippen LogP contribution in [0.3, 0.4) is 0 Å². The first-order chi connectivity index (χ1) is 13.3. The summed E-state index contributed by atoms with van der Waals surface area (Å²) in [6.45, 7) is 4.75. The highest BCUT2D eigenvalue weighted by Gasteiger charge is 2.45. The van der Waals surface area contributed by atoms with Gasteiger partial charge in [-0.3, -0.25) is 4.90 Å². The van der Waals surface area contributed by atoms with Crippen molar-refractivity contribution in [3.05, 3.63) is 48.5 Å². The molecule has 0 radical (unpaired) electrons. The largest absolute Gasteiger partial charge is 0.491 e. The molecule has 2 fully saturated rings. The number of hydrogen-bond acceptors (Lipinski definition) is 4. The van der Waals surface area contributed by atoms with Gasteiger partial charge in [0.1, 0.15) is 12.4 Å². The van der Waals surface area contributed by atoms with Crippen LogP contribution in [0.25, 0.3) is 0 Å². The summed E-state index contributed by atoms with van der Waals surface area (Å²) in [6, 6.07) is 8.48. The van der Waals surface area contributed by atoms with E-state index in [1.54, 1.807) is 6.20 Å². The highest BCUT2D eigenvalue weighted by atomic mass is 16.5.